The molecule has 19 heteroatoms. The Bertz CT molecular complexity index is 2680. The lowest BCUT2D eigenvalue weighted by molar-refractivity contribution is -0.173. The van der Waals surface area contributed by atoms with E-state index in [2.05, 4.69) is 48.4 Å². The number of H-pyrrole nitrogens is 1. The van der Waals surface area contributed by atoms with E-state index in [0.717, 1.165) is 51.5 Å². The van der Waals surface area contributed by atoms with Crippen LogP contribution < -0.4 is 26.9 Å². The average Bonchev–Trinajstić information content (AvgIpc) is 3.72. The number of carbonyl (C=O) groups is 3. The van der Waals surface area contributed by atoms with Gasteiger partial charge in [-0.3, -0.25) is 24.0 Å². The normalized spacial score (nSPS) is 18.4. The zero-order valence-electron chi connectivity index (χ0n) is 41.4. The number of rotatable bonds is 15. The second-order valence-electron chi connectivity index (χ2n) is 19.7. The summed E-state index contributed by atoms with van der Waals surface area (Å²) >= 11 is 0. The molecule has 15 nitrogen and oxygen atoms in total. The predicted molar refractivity (Wildman–Crippen MR) is 266 cm³/mol. The number of ether oxygens (including phenoxy) is 4. The Morgan fingerprint density at radius 2 is 1.58 bits per heavy atom. The molecule has 6 rings (SSSR count). The van der Waals surface area contributed by atoms with Crippen LogP contribution in [-0.4, -0.2) is 115 Å². The molecular formula is C53H62F3N5O10Si. The van der Waals surface area contributed by atoms with Crippen molar-refractivity contribution in [2.75, 3.05) is 39.4 Å². The third-order valence-corrected chi connectivity index (χ3v) is 17.3. The molecule has 0 radical (unpaired) electrons. The smallest absolute Gasteiger partial charge is 0.444 e. The van der Waals surface area contributed by atoms with E-state index in [4.69, 9.17) is 29.8 Å². The van der Waals surface area contributed by atoms with Gasteiger partial charge in [-0.15, -0.1) is 6.42 Å². The Balaban J connectivity index is 1.25. The van der Waals surface area contributed by atoms with Crippen LogP contribution in [0.3, 0.4) is 0 Å². The van der Waals surface area contributed by atoms with Crippen LogP contribution in [0.2, 0.25) is 5.04 Å². The summed E-state index contributed by atoms with van der Waals surface area (Å²) < 4.78 is 70.5. The van der Waals surface area contributed by atoms with Crippen LogP contribution in [0.5, 0.6) is 0 Å². The van der Waals surface area contributed by atoms with Crippen LogP contribution in [0.25, 0.3) is 0 Å². The van der Waals surface area contributed by atoms with Gasteiger partial charge in [0.25, 0.3) is 13.9 Å². The molecular weight excluding hydrogens is 952 g/mol. The van der Waals surface area contributed by atoms with Crippen molar-refractivity contribution in [2.45, 2.75) is 115 Å². The first-order valence-corrected chi connectivity index (χ1v) is 25.7. The number of piperidine rings is 1. The van der Waals surface area contributed by atoms with Crippen molar-refractivity contribution < 1.29 is 50.9 Å². The van der Waals surface area contributed by atoms with Gasteiger partial charge in [0.05, 0.1) is 13.2 Å². The average molecular weight is 1010 g/mol. The topological polar surface area (TPSA) is 171 Å². The monoisotopic (exact) mass is 1010 g/mol. The first-order valence-electron chi connectivity index (χ1n) is 23.8. The van der Waals surface area contributed by atoms with Gasteiger partial charge in [-0.1, -0.05) is 111 Å². The van der Waals surface area contributed by atoms with Crippen molar-refractivity contribution >= 4 is 36.8 Å². The van der Waals surface area contributed by atoms with E-state index >= 15 is 0 Å². The quantitative estimate of drug-likeness (QED) is 0.0787. The molecule has 4 aromatic rings. The molecule has 1 unspecified atom stereocenters. The molecule has 1 aromatic heterocycles. The zero-order valence-corrected chi connectivity index (χ0v) is 42.4. The summed E-state index contributed by atoms with van der Waals surface area (Å²) in [5, 5.41) is 3.10. The van der Waals surface area contributed by atoms with Gasteiger partial charge in [0.2, 0.25) is 0 Å². The van der Waals surface area contributed by atoms with Crippen LogP contribution in [0.1, 0.15) is 90.1 Å². The molecule has 0 spiro atoms. The number of nitrogens with one attached hydrogen (secondary N) is 2. The van der Waals surface area contributed by atoms with Gasteiger partial charge in [0.1, 0.15) is 36.2 Å². The summed E-state index contributed by atoms with van der Waals surface area (Å²) in [6, 6.07) is 27.0. The minimum Gasteiger partial charge on any atom is -0.444 e. The maximum absolute atomic E-state index is 13.8. The number of hydrogen-bond donors (Lipinski definition) is 2. The van der Waals surface area contributed by atoms with E-state index in [1.807, 2.05) is 106 Å². The Kier molecular flexibility index (Phi) is 18.0. The second-order valence-corrected chi connectivity index (χ2v) is 24.0. The highest BCUT2D eigenvalue weighted by molar-refractivity contribution is 6.99. The maximum Gasteiger partial charge on any atom is 0.508 e. The SMILES string of the molecule is C#Cc1ccc(CN(CCOC(=O)O[C@H]2C[C@H](n3cc(C#CCNC(=O)C(F)(F)F)c(=O)[nH]c3=O)O[C@@H]2CO[Si](c2ccccc2)(c2ccccc2)C(C)(C)C)CC2CCCCN2C(=O)OC(C)(C)C)cc1. The maximum atomic E-state index is 13.8. The summed E-state index contributed by atoms with van der Waals surface area (Å²) in [6.07, 6.45) is -0.662. The summed E-state index contributed by atoms with van der Waals surface area (Å²) in [7, 11) is -3.20. The molecule has 2 N–H and O–H groups in total. The summed E-state index contributed by atoms with van der Waals surface area (Å²) in [5.41, 5.74) is -1.12. The molecule has 3 heterocycles. The Morgan fingerprint density at radius 1 is 0.931 bits per heavy atom. The van der Waals surface area contributed by atoms with Crippen LogP contribution in [0, 0.1) is 24.2 Å². The number of aromatic nitrogens is 2. The van der Waals surface area contributed by atoms with Gasteiger partial charge in [-0.2, -0.15) is 13.2 Å². The number of amides is 2. The highest BCUT2D eigenvalue weighted by atomic mass is 28.4. The molecule has 2 fully saturated rings. The number of alkyl halides is 3. The molecule has 0 saturated carbocycles. The number of likely N-dealkylation sites (tertiary alicyclic amines) is 1. The molecule has 3 aromatic carbocycles. The third kappa shape index (κ3) is 14.3. The third-order valence-electron chi connectivity index (χ3n) is 12.3. The second kappa shape index (κ2) is 23.7. The Labute approximate surface area is 418 Å². The molecule has 2 aliphatic rings. The standard InChI is InChI=1S/C53H62F3N5O10Si/c1-8-37-24-26-38(27-25-37)33-59(35-40-19-15-16-29-60(40)49(65)71-51(2,3)4)30-31-67-50(66)70-43-32-45(61-34-39(46(62)58-48(61)64)18-17-28-57-47(63)53(54,55)56)69-44(43)36-68-72(52(5,6)7,41-20-11-9-12-21-41)42-22-13-10-14-23-42/h1,9-14,20-27,34,40,43-45H,15-16,19,28-33,35-36H2,2-7H3,(H,57,63)(H,58,62,64)/t40?,43-,44+,45+/m0/s1. The molecule has 4 atom stereocenters. The van der Waals surface area contributed by atoms with Gasteiger partial charge in [0, 0.05) is 50.4 Å². The summed E-state index contributed by atoms with van der Waals surface area (Å²) in [6.45, 7) is 12.5. The van der Waals surface area contributed by atoms with E-state index in [9.17, 15) is 37.1 Å². The Morgan fingerprint density at radius 3 is 2.18 bits per heavy atom. The first kappa shape index (κ1) is 54.7. The van der Waals surface area contributed by atoms with Gasteiger partial charge >= 0.3 is 30.0 Å². The fourth-order valence-electron chi connectivity index (χ4n) is 8.93. The molecule has 2 saturated heterocycles. The number of halogens is 3. The predicted octanol–water partition coefficient (Wildman–Crippen LogP) is 6.23. The van der Waals surface area contributed by atoms with Crippen LogP contribution in [-0.2, 0) is 34.7 Å². The van der Waals surface area contributed by atoms with Gasteiger partial charge < -0.3 is 33.6 Å². The molecule has 72 heavy (non-hydrogen) atoms. The number of nitrogens with zero attached hydrogens (tertiary/aromatic N) is 3. The van der Waals surface area contributed by atoms with Crippen molar-refractivity contribution in [3.8, 4) is 24.2 Å². The number of hydrogen-bond acceptors (Lipinski definition) is 11. The van der Waals surface area contributed by atoms with Crippen LogP contribution in [0.15, 0.2) is 101 Å². The Hall–Kier alpha value is -6.64. The van der Waals surface area contributed by atoms with E-state index < -0.39 is 73.4 Å². The number of terminal acetylenes is 1. The first-order chi connectivity index (χ1) is 34.1. The van der Waals surface area contributed by atoms with Gasteiger partial charge in [0.15, 0.2) is 0 Å². The van der Waals surface area contributed by atoms with Gasteiger partial charge in [-0.25, -0.2) is 14.4 Å². The molecule has 384 valence electrons. The minimum atomic E-state index is -5.13. The number of aromatic amines is 1. The van der Waals surface area contributed by atoms with Crippen molar-refractivity contribution in [1.82, 2.24) is 24.7 Å². The summed E-state index contributed by atoms with van der Waals surface area (Å²) in [5.74, 6) is 5.12. The van der Waals surface area contributed by atoms with Crippen molar-refractivity contribution in [3.63, 3.8) is 0 Å². The van der Waals surface area contributed by atoms with Gasteiger partial charge in [-0.05, 0) is 73.1 Å². The number of benzene rings is 3. The lowest BCUT2D eigenvalue weighted by atomic mass is 10.0. The van der Waals surface area contributed by atoms with E-state index in [0.29, 0.717) is 19.6 Å². The van der Waals surface area contributed by atoms with Crippen LogP contribution in [0.4, 0.5) is 22.8 Å². The van der Waals surface area contributed by atoms with Crippen molar-refractivity contribution in [2.24, 2.45) is 0 Å². The fourth-order valence-corrected chi connectivity index (χ4v) is 13.5. The lowest BCUT2D eigenvalue weighted by Crippen LogP contribution is -2.67. The molecule has 2 amide bonds. The molecule has 2 aliphatic heterocycles. The van der Waals surface area contributed by atoms with Crippen molar-refractivity contribution in [3.05, 3.63) is 129 Å². The fraction of sp³-hybridized carbons (Fsp3) is 0.453. The lowest BCUT2D eigenvalue weighted by Gasteiger charge is -2.43. The van der Waals surface area contributed by atoms with Crippen LogP contribution >= 0.6 is 0 Å². The molecule has 0 aliphatic carbocycles. The largest absolute Gasteiger partial charge is 0.508 e. The molecule has 0 bridgehead atoms. The van der Waals surface area contributed by atoms with E-state index in [1.54, 1.807) is 10.2 Å². The zero-order chi connectivity index (χ0) is 52.3. The van der Waals surface area contributed by atoms with E-state index in [1.165, 1.54) is 0 Å². The summed E-state index contributed by atoms with van der Waals surface area (Å²) in [4.78, 5) is 70.7. The highest BCUT2D eigenvalue weighted by Crippen LogP contribution is 2.38. The minimum absolute atomic E-state index is 0.106. The highest BCUT2D eigenvalue weighted by Gasteiger charge is 2.52. The van der Waals surface area contributed by atoms with E-state index in [-0.39, 0.29) is 43.9 Å². The van der Waals surface area contributed by atoms with Crippen molar-refractivity contribution in [1.29, 1.82) is 0 Å². The number of carbonyl (C=O) groups excluding carboxylic acids is 3.